The maximum atomic E-state index is 4.35. The van der Waals surface area contributed by atoms with E-state index in [0.29, 0.717) is 0 Å². The van der Waals surface area contributed by atoms with E-state index in [1.54, 1.807) is 10.9 Å². The molecule has 4 nitrogen and oxygen atoms in total. The van der Waals surface area contributed by atoms with Gasteiger partial charge in [0.05, 0.1) is 23.8 Å². The highest BCUT2D eigenvalue weighted by Crippen LogP contribution is 2.21. The number of rotatable bonds is 2. The molecule has 0 amide bonds. The monoisotopic (exact) mass is 224 g/mol. The lowest BCUT2D eigenvalue weighted by atomic mass is 10.2. The summed E-state index contributed by atoms with van der Waals surface area (Å²) in [4.78, 5) is 0. The Morgan fingerprint density at radius 1 is 1.00 bits per heavy atom. The number of para-hydroxylation sites is 1. The summed E-state index contributed by atoms with van der Waals surface area (Å²) < 4.78 is 3.70. The Balaban J connectivity index is 2.12. The first kappa shape index (κ1) is 9.84. The minimum atomic E-state index is 1.05. The molecule has 1 aromatic carbocycles. The van der Waals surface area contributed by atoms with Crippen molar-refractivity contribution in [1.82, 2.24) is 19.6 Å². The van der Waals surface area contributed by atoms with Crippen molar-refractivity contribution in [3.05, 3.63) is 55.0 Å². The van der Waals surface area contributed by atoms with Crippen molar-refractivity contribution < 1.29 is 0 Å². The second-order valence-corrected chi connectivity index (χ2v) is 3.87. The second kappa shape index (κ2) is 3.90. The van der Waals surface area contributed by atoms with Gasteiger partial charge >= 0.3 is 0 Å². The number of nitrogens with zero attached hydrogens (tertiary/aromatic N) is 4. The van der Waals surface area contributed by atoms with E-state index in [1.165, 1.54) is 0 Å². The van der Waals surface area contributed by atoms with Crippen molar-refractivity contribution in [2.24, 2.45) is 7.05 Å². The summed E-state index contributed by atoms with van der Waals surface area (Å²) >= 11 is 0. The molecule has 17 heavy (non-hydrogen) atoms. The Hall–Kier alpha value is -2.36. The molecule has 0 unspecified atom stereocenters. The maximum absolute atomic E-state index is 4.35. The minimum Gasteiger partial charge on any atom is -0.275 e. The van der Waals surface area contributed by atoms with Gasteiger partial charge in [-0.1, -0.05) is 18.2 Å². The summed E-state index contributed by atoms with van der Waals surface area (Å²) in [5.41, 5.74) is 3.16. The Morgan fingerprint density at radius 3 is 2.53 bits per heavy atom. The average Bonchev–Trinajstić information content (AvgIpc) is 2.98. The molecule has 0 radical (unpaired) electrons. The van der Waals surface area contributed by atoms with Crippen LogP contribution < -0.4 is 0 Å². The van der Waals surface area contributed by atoms with E-state index in [9.17, 15) is 0 Å². The van der Waals surface area contributed by atoms with Crippen LogP contribution in [0.15, 0.2) is 55.0 Å². The van der Waals surface area contributed by atoms with Crippen LogP contribution in [0.5, 0.6) is 0 Å². The summed E-state index contributed by atoms with van der Waals surface area (Å²) in [7, 11) is 1.91. The first-order valence-electron chi connectivity index (χ1n) is 5.43. The first-order chi connectivity index (χ1) is 8.34. The quantitative estimate of drug-likeness (QED) is 0.669. The summed E-state index contributed by atoms with van der Waals surface area (Å²) in [6.45, 7) is 0. The highest BCUT2D eigenvalue weighted by molar-refractivity contribution is 5.59. The summed E-state index contributed by atoms with van der Waals surface area (Å²) in [5.74, 6) is 0. The predicted octanol–water partition coefficient (Wildman–Crippen LogP) is 2.27. The number of benzene rings is 1. The fraction of sp³-hybridized carbons (Fsp3) is 0.0769. The third kappa shape index (κ3) is 1.73. The van der Waals surface area contributed by atoms with Crippen LogP contribution in [0.1, 0.15) is 0 Å². The molecule has 3 aromatic rings. The second-order valence-electron chi connectivity index (χ2n) is 3.87. The van der Waals surface area contributed by atoms with E-state index >= 15 is 0 Å². The van der Waals surface area contributed by atoms with Crippen LogP contribution in [0, 0.1) is 0 Å². The largest absolute Gasteiger partial charge is 0.275 e. The van der Waals surface area contributed by atoms with Crippen LogP contribution in [-0.2, 0) is 7.05 Å². The summed E-state index contributed by atoms with van der Waals surface area (Å²) in [5, 5.41) is 8.53. The van der Waals surface area contributed by atoms with Gasteiger partial charge in [-0.3, -0.25) is 4.68 Å². The number of hydrogen-bond donors (Lipinski definition) is 0. The molecule has 2 heterocycles. The molecule has 0 atom stereocenters. The predicted molar refractivity (Wildman–Crippen MR) is 65.8 cm³/mol. The maximum Gasteiger partial charge on any atom is 0.0772 e. The van der Waals surface area contributed by atoms with Crippen molar-refractivity contribution in [3.63, 3.8) is 0 Å². The molecule has 0 saturated heterocycles. The van der Waals surface area contributed by atoms with Crippen molar-refractivity contribution in [2.45, 2.75) is 0 Å². The molecule has 0 aliphatic heterocycles. The van der Waals surface area contributed by atoms with E-state index in [4.69, 9.17) is 0 Å². The number of aryl methyl sites for hydroxylation is 1. The van der Waals surface area contributed by atoms with Gasteiger partial charge in [0.25, 0.3) is 0 Å². The van der Waals surface area contributed by atoms with Crippen LogP contribution in [-0.4, -0.2) is 19.6 Å². The molecule has 0 fully saturated rings. The molecular weight excluding hydrogens is 212 g/mol. The zero-order valence-electron chi connectivity index (χ0n) is 9.49. The van der Waals surface area contributed by atoms with Crippen molar-refractivity contribution in [1.29, 1.82) is 0 Å². The number of hydrogen-bond acceptors (Lipinski definition) is 2. The Labute approximate surface area is 99.1 Å². The summed E-state index contributed by atoms with van der Waals surface area (Å²) in [6, 6.07) is 12.1. The van der Waals surface area contributed by atoms with Crippen molar-refractivity contribution in [2.75, 3.05) is 0 Å². The molecule has 4 heteroatoms. The van der Waals surface area contributed by atoms with Gasteiger partial charge in [-0.05, 0) is 18.2 Å². The fourth-order valence-corrected chi connectivity index (χ4v) is 1.85. The zero-order valence-corrected chi connectivity index (χ0v) is 9.49. The van der Waals surface area contributed by atoms with Gasteiger partial charge < -0.3 is 0 Å². The molecule has 0 bridgehead atoms. The standard InChI is InChI=1S/C13H12N4/c1-16-10-11(9-15-16)13-7-8-14-17(13)12-5-3-2-4-6-12/h2-10H,1H3. The molecule has 3 rings (SSSR count). The minimum absolute atomic E-state index is 1.05. The van der Waals surface area contributed by atoms with Gasteiger partial charge in [0.15, 0.2) is 0 Å². The van der Waals surface area contributed by atoms with E-state index in [-0.39, 0.29) is 0 Å². The van der Waals surface area contributed by atoms with E-state index in [2.05, 4.69) is 10.2 Å². The van der Waals surface area contributed by atoms with Gasteiger partial charge in [0, 0.05) is 18.8 Å². The molecule has 0 aliphatic rings. The van der Waals surface area contributed by atoms with Gasteiger partial charge in [-0.2, -0.15) is 10.2 Å². The molecule has 0 saturated carbocycles. The molecule has 2 aromatic heterocycles. The Bertz CT molecular complexity index is 622. The normalized spacial score (nSPS) is 10.6. The van der Waals surface area contributed by atoms with Crippen LogP contribution in [0.4, 0.5) is 0 Å². The lowest BCUT2D eigenvalue weighted by Gasteiger charge is -2.05. The lowest BCUT2D eigenvalue weighted by molar-refractivity contribution is 0.768. The molecule has 0 N–H and O–H groups in total. The lowest BCUT2D eigenvalue weighted by Crippen LogP contribution is -1.97. The van der Waals surface area contributed by atoms with Gasteiger partial charge in [0.1, 0.15) is 0 Å². The average molecular weight is 224 g/mol. The topological polar surface area (TPSA) is 35.6 Å². The van der Waals surface area contributed by atoms with Crippen LogP contribution in [0.3, 0.4) is 0 Å². The van der Waals surface area contributed by atoms with Crippen molar-refractivity contribution in [3.8, 4) is 16.9 Å². The van der Waals surface area contributed by atoms with E-state index in [0.717, 1.165) is 16.9 Å². The van der Waals surface area contributed by atoms with Gasteiger partial charge in [-0.25, -0.2) is 4.68 Å². The van der Waals surface area contributed by atoms with Gasteiger partial charge in [0.2, 0.25) is 0 Å². The number of aromatic nitrogens is 4. The Kier molecular flexibility index (Phi) is 2.26. The SMILES string of the molecule is Cn1cc(-c2ccnn2-c2ccccc2)cn1. The smallest absolute Gasteiger partial charge is 0.0772 e. The molecular formula is C13H12N4. The zero-order chi connectivity index (χ0) is 11.7. The molecule has 0 aliphatic carbocycles. The van der Waals surface area contributed by atoms with Gasteiger partial charge in [-0.15, -0.1) is 0 Å². The van der Waals surface area contributed by atoms with Crippen LogP contribution >= 0.6 is 0 Å². The highest BCUT2D eigenvalue weighted by atomic mass is 15.3. The first-order valence-corrected chi connectivity index (χ1v) is 5.43. The third-order valence-electron chi connectivity index (χ3n) is 2.64. The van der Waals surface area contributed by atoms with Crippen molar-refractivity contribution >= 4 is 0 Å². The highest BCUT2D eigenvalue weighted by Gasteiger charge is 2.08. The van der Waals surface area contributed by atoms with E-state index in [1.807, 2.05) is 60.5 Å². The fourth-order valence-electron chi connectivity index (χ4n) is 1.85. The summed E-state index contributed by atoms with van der Waals surface area (Å²) in [6.07, 6.45) is 5.63. The van der Waals surface area contributed by atoms with E-state index < -0.39 is 0 Å². The Morgan fingerprint density at radius 2 is 1.82 bits per heavy atom. The van der Waals surface area contributed by atoms with Crippen LogP contribution in [0.2, 0.25) is 0 Å². The molecule has 0 spiro atoms. The van der Waals surface area contributed by atoms with Crippen LogP contribution in [0.25, 0.3) is 16.9 Å². The molecule has 84 valence electrons. The third-order valence-corrected chi connectivity index (χ3v) is 2.64.